The monoisotopic (exact) mass is 392 g/mol. The molecule has 3 aromatic rings. The van der Waals surface area contributed by atoms with Crippen LogP contribution in [0.2, 0.25) is 0 Å². The first kappa shape index (κ1) is 17.9. The molecule has 3 aromatic heterocycles. The molecule has 0 radical (unpaired) electrons. The summed E-state index contributed by atoms with van der Waals surface area (Å²) in [7, 11) is 0. The number of imidazole rings is 1. The average Bonchev–Trinajstić information content (AvgIpc) is 3.06. The predicted octanol–water partition coefficient (Wildman–Crippen LogP) is 1.74. The van der Waals surface area contributed by atoms with Crippen LogP contribution in [0, 0.1) is 5.92 Å². The molecule has 1 saturated heterocycles. The van der Waals surface area contributed by atoms with Gasteiger partial charge in [0.2, 0.25) is 11.8 Å². The number of hydrogen-bond donors (Lipinski definition) is 3. The molecule has 1 aliphatic carbocycles. The molecule has 2 fully saturated rings. The summed E-state index contributed by atoms with van der Waals surface area (Å²) in [5.41, 5.74) is 2.94. The second kappa shape index (κ2) is 7.02. The van der Waals surface area contributed by atoms with Gasteiger partial charge < -0.3 is 20.2 Å². The molecule has 8 nitrogen and oxygen atoms in total. The van der Waals surface area contributed by atoms with Gasteiger partial charge in [0.1, 0.15) is 0 Å². The Morgan fingerprint density at radius 1 is 1.28 bits per heavy atom. The molecular weight excluding hydrogens is 368 g/mol. The Morgan fingerprint density at radius 2 is 2.17 bits per heavy atom. The summed E-state index contributed by atoms with van der Waals surface area (Å²) >= 11 is 0. The first-order valence-corrected chi connectivity index (χ1v) is 10.1. The van der Waals surface area contributed by atoms with Crippen LogP contribution < -0.4 is 5.32 Å². The summed E-state index contributed by atoms with van der Waals surface area (Å²) in [6.45, 7) is 2.69. The summed E-state index contributed by atoms with van der Waals surface area (Å²) in [5, 5.41) is 4.21. The van der Waals surface area contributed by atoms with Crippen LogP contribution in [0.15, 0.2) is 37.2 Å². The fraction of sp³-hybridized carbons (Fsp3) is 0.429. The fourth-order valence-electron chi connectivity index (χ4n) is 4.52. The van der Waals surface area contributed by atoms with Gasteiger partial charge in [-0.1, -0.05) is 0 Å². The van der Waals surface area contributed by atoms with Crippen LogP contribution >= 0.6 is 0 Å². The molecule has 2 aliphatic rings. The summed E-state index contributed by atoms with van der Waals surface area (Å²) in [6.07, 6.45) is 10.8. The number of carbonyl (C=O) groups excluding carboxylic acids is 2. The molecule has 150 valence electrons. The highest BCUT2D eigenvalue weighted by atomic mass is 16.2. The van der Waals surface area contributed by atoms with Crippen molar-refractivity contribution >= 4 is 22.7 Å². The van der Waals surface area contributed by atoms with Gasteiger partial charge in [0.15, 0.2) is 0 Å². The van der Waals surface area contributed by atoms with Gasteiger partial charge in [-0.3, -0.25) is 14.6 Å². The Hall–Kier alpha value is -3.16. The molecule has 0 unspecified atom stereocenters. The quantitative estimate of drug-likeness (QED) is 0.615. The minimum Gasteiger partial charge on any atom is -0.360 e. The van der Waals surface area contributed by atoms with Gasteiger partial charge in [0, 0.05) is 54.1 Å². The zero-order chi connectivity index (χ0) is 20.0. The maximum atomic E-state index is 12.9. The lowest BCUT2D eigenvalue weighted by atomic mass is 10.1. The van der Waals surface area contributed by atoms with Crippen LogP contribution in [0.4, 0.5) is 0 Å². The molecule has 5 rings (SSSR count). The van der Waals surface area contributed by atoms with E-state index < -0.39 is 0 Å². The van der Waals surface area contributed by atoms with Gasteiger partial charge in [-0.25, -0.2) is 4.98 Å². The molecule has 0 bridgehead atoms. The number of hydrogen-bond acceptors (Lipinski definition) is 4. The molecule has 1 saturated carbocycles. The highest BCUT2D eigenvalue weighted by Gasteiger charge is 2.46. The standard InChI is InChI=1S/C21H24N6O2/c1-12-17(26-21(29)16-7-15(16)19-10-23-11-25-19)3-5-27(12)20(28)6-13-8-24-18-9-22-4-2-14(13)18/h2,4,8-12,15-17,24H,3,5-7H2,1H3,(H,23,25)(H,26,29)/t12-,15-,16-,17+/m1/s1. The highest BCUT2D eigenvalue weighted by molar-refractivity contribution is 5.89. The maximum absolute atomic E-state index is 12.9. The third kappa shape index (κ3) is 3.28. The molecular formula is C21H24N6O2. The number of carbonyl (C=O) groups is 2. The third-order valence-electron chi connectivity index (χ3n) is 6.36. The maximum Gasteiger partial charge on any atom is 0.227 e. The predicted molar refractivity (Wildman–Crippen MR) is 107 cm³/mol. The second-order valence-corrected chi connectivity index (χ2v) is 8.10. The average molecular weight is 392 g/mol. The van der Waals surface area contributed by atoms with Crippen molar-refractivity contribution in [2.45, 2.75) is 44.2 Å². The van der Waals surface area contributed by atoms with E-state index >= 15 is 0 Å². The topological polar surface area (TPSA) is 107 Å². The summed E-state index contributed by atoms with van der Waals surface area (Å²) in [6, 6.07) is 1.92. The van der Waals surface area contributed by atoms with Gasteiger partial charge in [0.25, 0.3) is 0 Å². The number of H-pyrrole nitrogens is 2. The van der Waals surface area contributed by atoms with Crippen LogP contribution in [-0.2, 0) is 16.0 Å². The molecule has 4 heterocycles. The van der Waals surface area contributed by atoms with Crippen LogP contribution in [0.5, 0.6) is 0 Å². The Morgan fingerprint density at radius 3 is 3.00 bits per heavy atom. The van der Waals surface area contributed by atoms with Crippen molar-refractivity contribution < 1.29 is 9.59 Å². The van der Waals surface area contributed by atoms with Crippen LogP contribution in [0.3, 0.4) is 0 Å². The first-order valence-electron chi connectivity index (χ1n) is 10.1. The van der Waals surface area contributed by atoms with E-state index in [9.17, 15) is 9.59 Å². The SMILES string of the molecule is C[C@@H]1[C@@H](NC(=O)[C@@H]2C[C@H]2c2cnc[nH]2)CCN1C(=O)Cc1c[nH]c2cnccc12. The first-order chi connectivity index (χ1) is 14.1. The lowest BCUT2D eigenvalue weighted by Gasteiger charge is -2.25. The number of nitrogens with one attached hydrogen (secondary N) is 3. The minimum absolute atomic E-state index is 0.00151. The molecule has 3 N–H and O–H groups in total. The summed E-state index contributed by atoms with van der Waals surface area (Å²) < 4.78 is 0. The largest absolute Gasteiger partial charge is 0.360 e. The van der Waals surface area contributed by atoms with E-state index in [4.69, 9.17) is 0 Å². The van der Waals surface area contributed by atoms with E-state index in [0.29, 0.717) is 13.0 Å². The van der Waals surface area contributed by atoms with E-state index in [1.54, 1.807) is 24.9 Å². The number of aromatic amines is 2. The van der Waals surface area contributed by atoms with Gasteiger partial charge >= 0.3 is 0 Å². The van der Waals surface area contributed by atoms with Crippen molar-refractivity contribution in [2.24, 2.45) is 5.92 Å². The zero-order valence-electron chi connectivity index (χ0n) is 16.3. The van der Waals surface area contributed by atoms with Crippen molar-refractivity contribution in [1.29, 1.82) is 0 Å². The summed E-state index contributed by atoms with van der Waals surface area (Å²) in [5.74, 6) is 0.420. The second-order valence-electron chi connectivity index (χ2n) is 8.10. The smallest absolute Gasteiger partial charge is 0.227 e. The summed E-state index contributed by atoms with van der Waals surface area (Å²) in [4.78, 5) is 41.8. The van der Waals surface area contributed by atoms with Crippen LogP contribution in [0.1, 0.15) is 36.9 Å². The van der Waals surface area contributed by atoms with E-state index in [2.05, 4.69) is 25.3 Å². The normalized spacial score (nSPS) is 26.0. The molecule has 29 heavy (non-hydrogen) atoms. The molecule has 8 heteroatoms. The number of rotatable bonds is 5. The van der Waals surface area contributed by atoms with Crippen molar-refractivity contribution in [3.8, 4) is 0 Å². The van der Waals surface area contributed by atoms with Crippen LogP contribution in [-0.4, -0.2) is 55.3 Å². The van der Waals surface area contributed by atoms with Crippen molar-refractivity contribution in [3.63, 3.8) is 0 Å². The Balaban J connectivity index is 1.19. The van der Waals surface area contributed by atoms with Crippen molar-refractivity contribution in [2.75, 3.05) is 6.54 Å². The van der Waals surface area contributed by atoms with E-state index in [0.717, 1.165) is 35.0 Å². The number of likely N-dealkylation sites (tertiary alicyclic amines) is 1. The lowest BCUT2D eigenvalue weighted by molar-refractivity contribution is -0.131. The van der Waals surface area contributed by atoms with Crippen molar-refractivity contribution in [1.82, 2.24) is 30.2 Å². The number of aromatic nitrogens is 4. The van der Waals surface area contributed by atoms with E-state index in [1.165, 1.54) is 0 Å². The van der Waals surface area contributed by atoms with Gasteiger partial charge in [-0.15, -0.1) is 0 Å². The molecule has 1 aliphatic heterocycles. The number of pyridine rings is 1. The lowest BCUT2D eigenvalue weighted by Crippen LogP contribution is -2.46. The van der Waals surface area contributed by atoms with Crippen LogP contribution in [0.25, 0.3) is 10.9 Å². The number of nitrogens with zero attached hydrogens (tertiary/aromatic N) is 3. The van der Waals surface area contributed by atoms with E-state index in [-0.39, 0.29) is 35.7 Å². The number of amides is 2. The zero-order valence-corrected chi connectivity index (χ0v) is 16.3. The Labute approximate surface area is 168 Å². The Bertz CT molecular complexity index is 1040. The van der Waals surface area contributed by atoms with Crippen molar-refractivity contribution in [3.05, 3.63) is 48.4 Å². The fourth-order valence-corrected chi connectivity index (χ4v) is 4.52. The minimum atomic E-state index is -0.0114. The molecule has 0 spiro atoms. The highest BCUT2D eigenvalue weighted by Crippen LogP contribution is 2.46. The van der Waals surface area contributed by atoms with Gasteiger partial charge in [-0.05, 0) is 31.4 Å². The van der Waals surface area contributed by atoms with Gasteiger partial charge in [0.05, 0.1) is 30.5 Å². The van der Waals surface area contributed by atoms with E-state index in [1.807, 2.05) is 24.1 Å². The number of fused-ring (bicyclic) bond motifs is 1. The Kier molecular flexibility index (Phi) is 4.34. The molecule has 4 atom stereocenters. The molecule has 0 aromatic carbocycles. The molecule has 2 amide bonds. The third-order valence-corrected chi connectivity index (χ3v) is 6.36. The van der Waals surface area contributed by atoms with Gasteiger partial charge in [-0.2, -0.15) is 0 Å².